The minimum atomic E-state index is -0.473. The molecule has 1 spiro atoms. The SMILES string of the molecule is CCO[C@H]1C[C@@H](c2cccnc2)OC2(CCN(C(=O)OC(C)(C)C)CC2)C1. The highest BCUT2D eigenvalue weighted by molar-refractivity contribution is 5.68. The summed E-state index contributed by atoms with van der Waals surface area (Å²) in [6.07, 6.45) is 6.89. The largest absolute Gasteiger partial charge is 0.444 e. The molecule has 27 heavy (non-hydrogen) atoms. The van der Waals surface area contributed by atoms with Crippen molar-refractivity contribution in [3.05, 3.63) is 30.1 Å². The number of amides is 1. The lowest BCUT2D eigenvalue weighted by Gasteiger charge is -2.48. The molecule has 2 aliphatic heterocycles. The summed E-state index contributed by atoms with van der Waals surface area (Å²) in [4.78, 5) is 18.4. The molecule has 1 aromatic rings. The topological polar surface area (TPSA) is 60.9 Å². The van der Waals surface area contributed by atoms with Crippen molar-refractivity contribution in [2.45, 2.75) is 76.8 Å². The summed E-state index contributed by atoms with van der Waals surface area (Å²) in [5, 5.41) is 0. The van der Waals surface area contributed by atoms with Gasteiger partial charge in [-0.2, -0.15) is 0 Å². The molecule has 2 saturated heterocycles. The van der Waals surface area contributed by atoms with E-state index in [0.29, 0.717) is 19.7 Å². The van der Waals surface area contributed by atoms with Gasteiger partial charge in [-0.05, 0) is 52.2 Å². The molecule has 1 aromatic heterocycles. The number of ether oxygens (including phenoxy) is 3. The quantitative estimate of drug-likeness (QED) is 0.794. The zero-order valence-electron chi connectivity index (χ0n) is 16.9. The van der Waals surface area contributed by atoms with Crippen LogP contribution in [0.2, 0.25) is 0 Å². The van der Waals surface area contributed by atoms with E-state index in [2.05, 4.69) is 11.1 Å². The average molecular weight is 376 g/mol. The van der Waals surface area contributed by atoms with E-state index in [4.69, 9.17) is 14.2 Å². The Morgan fingerprint density at radius 2 is 2.11 bits per heavy atom. The lowest BCUT2D eigenvalue weighted by Crippen LogP contribution is -2.53. The maximum Gasteiger partial charge on any atom is 0.410 e. The minimum absolute atomic E-state index is 0.0166. The van der Waals surface area contributed by atoms with Crippen molar-refractivity contribution in [3.8, 4) is 0 Å². The molecular weight excluding hydrogens is 344 g/mol. The monoisotopic (exact) mass is 376 g/mol. The maximum absolute atomic E-state index is 12.4. The summed E-state index contributed by atoms with van der Waals surface area (Å²) in [5.74, 6) is 0. The summed E-state index contributed by atoms with van der Waals surface area (Å²) in [6.45, 7) is 9.71. The molecule has 0 radical (unpaired) electrons. The molecule has 3 heterocycles. The fourth-order valence-electron chi connectivity index (χ4n) is 4.01. The second-order valence-corrected chi connectivity index (χ2v) is 8.56. The highest BCUT2D eigenvalue weighted by atomic mass is 16.6. The van der Waals surface area contributed by atoms with Crippen molar-refractivity contribution >= 4 is 6.09 Å². The van der Waals surface area contributed by atoms with Crippen molar-refractivity contribution in [2.24, 2.45) is 0 Å². The second kappa shape index (κ2) is 8.15. The lowest BCUT2D eigenvalue weighted by molar-refractivity contribution is -0.191. The third-order valence-electron chi connectivity index (χ3n) is 5.25. The summed E-state index contributed by atoms with van der Waals surface area (Å²) in [7, 11) is 0. The van der Waals surface area contributed by atoms with Gasteiger partial charge in [0.05, 0.1) is 17.8 Å². The van der Waals surface area contributed by atoms with E-state index in [0.717, 1.165) is 31.2 Å². The number of aromatic nitrogens is 1. The summed E-state index contributed by atoms with van der Waals surface area (Å²) in [5.41, 5.74) is 0.367. The van der Waals surface area contributed by atoms with E-state index in [1.165, 1.54) is 0 Å². The van der Waals surface area contributed by atoms with Gasteiger partial charge in [0.2, 0.25) is 0 Å². The van der Waals surface area contributed by atoms with Gasteiger partial charge in [-0.3, -0.25) is 4.98 Å². The van der Waals surface area contributed by atoms with Crippen LogP contribution < -0.4 is 0 Å². The van der Waals surface area contributed by atoms with Crippen molar-refractivity contribution < 1.29 is 19.0 Å². The van der Waals surface area contributed by atoms with E-state index < -0.39 is 5.60 Å². The first-order chi connectivity index (χ1) is 12.8. The molecule has 1 amide bonds. The Balaban J connectivity index is 1.68. The first-order valence-electron chi connectivity index (χ1n) is 9.97. The number of carbonyl (C=O) groups is 1. The van der Waals surface area contributed by atoms with Crippen LogP contribution in [0.4, 0.5) is 4.79 Å². The zero-order chi connectivity index (χ0) is 19.5. The van der Waals surface area contributed by atoms with E-state index >= 15 is 0 Å². The molecule has 0 unspecified atom stereocenters. The van der Waals surface area contributed by atoms with Crippen LogP contribution in [-0.2, 0) is 14.2 Å². The number of rotatable bonds is 3. The first kappa shape index (κ1) is 20.1. The standard InChI is InChI=1S/C21H32N2O4/c1-5-25-17-13-18(16-7-6-10-22-15-16)26-21(14-17)8-11-23(12-9-21)19(24)27-20(2,3)4/h6-7,10,15,17-18H,5,8-9,11-14H2,1-4H3/t17-,18-/m0/s1. The molecule has 0 bridgehead atoms. The number of nitrogens with zero attached hydrogens (tertiary/aromatic N) is 2. The van der Waals surface area contributed by atoms with E-state index in [1.54, 1.807) is 11.1 Å². The van der Waals surface area contributed by atoms with Crippen LogP contribution in [-0.4, -0.2) is 53.0 Å². The summed E-state index contributed by atoms with van der Waals surface area (Å²) >= 11 is 0. The first-order valence-corrected chi connectivity index (χ1v) is 9.97. The van der Waals surface area contributed by atoms with Crippen LogP contribution in [0.3, 0.4) is 0 Å². The molecule has 2 atom stereocenters. The van der Waals surface area contributed by atoms with Gasteiger partial charge in [-0.1, -0.05) is 6.07 Å². The summed E-state index contributed by atoms with van der Waals surface area (Å²) < 4.78 is 18.1. The number of hydrogen-bond donors (Lipinski definition) is 0. The van der Waals surface area contributed by atoms with E-state index in [9.17, 15) is 4.79 Å². The van der Waals surface area contributed by atoms with Crippen LogP contribution in [0.25, 0.3) is 0 Å². The molecular formula is C21H32N2O4. The Labute approximate surface area is 162 Å². The Morgan fingerprint density at radius 1 is 1.37 bits per heavy atom. The maximum atomic E-state index is 12.4. The molecule has 150 valence electrons. The molecule has 0 aliphatic carbocycles. The van der Waals surface area contributed by atoms with Crippen molar-refractivity contribution in [1.82, 2.24) is 9.88 Å². The van der Waals surface area contributed by atoms with Gasteiger partial charge in [0.15, 0.2) is 0 Å². The molecule has 6 heteroatoms. The van der Waals surface area contributed by atoms with Gasteiger partial charge in [0.1, 0.15) is 5.60 Å². The van der Waals surface area contributed by atoms with Crippen LogP contribution >= 0.6 is 0 Å². The Morgan fingerprint density at radius 3 is 2.70 bits per heavy atom. The van der Waals surface area contributed by atoms with Gasteiger partial charge in [0, 0.05) is 44.9 Å². The fourth-order valence-corrected chi connectivity index (χ4v) is 4.01. The van der Waals surface area contributed by atoms with Gasteiger partial charge >= 0.3 is 6.09 Å². The number of pyridine rings is 1. The zero-order valence-corrected chi connectivity index (χ0v) is 16.9. The third-order valence-corrected chi connectivity index (χ3v) is 5.25. The van der Waals surface area contributed by atoms with Gasteiger partial charge in [0.25, 0.3) is 0 Å². The molecule has 0 aromatic carbocycles. The minimum Gasteiger partial charge on any atom is -0.444 e. The fraction of sp³-hybridized carbons (Fsp3) is 0.714. The van der Waals surface area contributed by atoms with Crippen LogP contribution in [0.15, 0.2) is 24.5 Å². The third kappa shape index (κ3) is 5.20. The van der Waals surface area contributed by atoms with Crippen LogP contribution in [0.1, 0.15) is 65.0 Å². The van der Waals surface area contributed by atoms with E-state index in [1.807, 2.05) is 40.0 Å². The smallest absolute Gasteiger partial charge is 0.410 e. The average Bonchev–Trinajstić information content (AvgIpc) is 2.61. The molecule has 6 nitrogen and oxygen atoms in total. The van der Waals surface area contributed by atoms with Crippen molar-refractivity contribution in [1.29, 1.82) is 0 Å². The van der Waals surface area contributed by atoms with Crippen LogP contribution in [0, 0.1) is 0 Å². The molecule has 2 aliphatic rings. The molecule has 0 saturated carbocycles. The van der Waals surface area contributed by atoms with Gasteiger partial charge in [-0.25, -0.2) is 4.79 Å². The van der Waals surface area contributed by atoms with Gasteiger partial charge < -0.3 is 19.1 Å². The number of carbonyl (C=O) groups excluding carboxylic acids is 1. The summed E-state index contributed by atoms with van der Waals surface area (Å²) in [6, 6.07) is 4.01. The predicted octanol–water partition coefficient (Wildman–Crippen LogP) is 4.11. The molecule has 2 fully saturated rings. The second-order valence-electron chi connectivity index (χ2n) is 8.56. The lowest BCUT2D eigenvalue weighted by atomic mass is 9.81. The number of hydrogen-bond acceptors (Lipinski definition) is 5. The van der Waals surface area contributed by atoms with Crippen molar-refractivity contribution in [2.75, 3.05) is 19.7 Å². The molecule has 0 N–H and O–H groups in total. The van der Waals surface area contributed by atoms with Crippen LogP contribution in [0.5, 0.6) is 0 Å². The highest BCUT2D eigenvalue weighted by Gasteiger charge is 2.45. The molecule has 3 rings (SSSR count). The Kier molecular flexibility index (Phi) is 6.06. The van der Waals surface area contributed by atoms with Gasteiger partial charge in [-0.15, -0.1) is 0 Å². The highest BCUT2D eigenvalue weighted by Crippen LogP contribution is 2.43. The van der Waals surface area contributed by atoms with Crippen molar-refractivity contribution in [3.63, 3.8) is 0 Å². The normalized spacial score (nSPS) is 25.4. The Bertz CT molecular complexity index is 621. The number of piperidine rings is 1. The Hall–Kier alpha value is -1.66. The number of likely N-dealkylation sites (tertiary alicyclic amines) is 1. The predicted molar refractivity (Wildman–Crippen MR) is 102 cm³/mol. The van der Waals surface area contributed by atoms with E-state index in [-0.39, 0.29) is 23.9 Å².